The Morgan fingerprint density at radius 3 is 2.74 bits per heavy atom. The summed E-state index contributed by atoms with van der Waals surface area (Å²) in [6.07, 6.45) is -3.97. The third kappa shape index (κ3) is 5.13. The van der Waals surface area contributed by atoms with Crippen LogP contribution in [0.25, 0.3) is 11.1 Å². The summed E-state index contributed by atoms with van der Waals surface area (Å²) >= 11 is 0. The number of oxazole rings is 1. The van der Waals surface area contributed by atoms with Gasteiger partial charge in [0.1, 0.15) is 11.3 Å². The van der Waals surface area contributed by atoms with E-state index in [9.17, 15) is 18.0 Å². The van der Waals surface area contributed by atoms with E-state index in [4.69, 9.17) is 9.15 Å². The molecular formula is C18H16F3N3O3. The van der Waals surface area contributed by atoms with Gasteiger partial charge in [-0.3, -0.25) is 15.6 Å². The van der Waals surface area contributed by atoms with Gasteiger partial charge in [-0.15, -0.1) is 0 Å². The van der Waals surface area contributed by atoms with Crippen LogP contribution in [0, 0.1) is 0 Å². The molecule has 0 fully saturated rings. The van der Waals surface area contributed by atoms with E-state index < -0.39 is 11.7 Å². The van der Waals surface area contributed by atoms with Crippen LogP contribution in [0.3, 0.4) is 0 Å². The number of hydrogen-bond acceptors (Lipinski definition) is 5. The normalized spacial score (nSPS) is 11.4. The van der Waals surface area contributed by atoms with Crippen molar-refractivity contribution in [2.45, 2.75) is 19.0 Å². The number of nitrogens with zero attached hydrogens (tertiary/aromatic N) is 1. The zero-order valence-corrected chi connectivity index (χ0v) is 14.0. The lowest BCUT2D eigenvalue weighted by Crippen LogP contribution is -2.29. The highest BCUT2D eigenvalue weighted by atomic mass is 19.4. The van der Waals surface area contributed by atoms with Gasteiger partial charge in [0.15, 0.2) is 5.58 Å². The number of para-hydroxylation sites is 2. The number of benzene rings is 2. The number of rotatable bonds is 7. The van der Waals surface area contributed by atoms with Crippen LogP contribution in [-0.4, -0.2) is 17.5 Å². The predicted molar refractivity (Wildman–Crippen MR) is 91.9 cm³/mol. The lowest BCUT2D eigenvalue weighted by atomic mass is 10.2. The van der Waals surface area contributed by atoms with Crippen molar-refractivity contribution in [3.8, 4) is 5.75 Å². The summed E-state index contributed by atoms with van der Waals surface area (Å²) < 4.78 is 48.5. The Labute approximate surface area is 152 Å². The first kappa shape index (κ1) is 18.6. The molecule has 0 unspecified atom stereocenters. The van der Waals surface area contributed by atoms with Gasteiger partial charge in [-0.1, -0.05) is 18.2 Å². The van der Waals surface area contributed by atoms with Crippen molar-refractivity contribution in [3.63, 3.8) is 0 Å². The van der Waals surface area contributed by atoms with E-state index >= 15 is 0 Å². The van der Waals surface area contributed by atoms with Gasteiger partial charge < -0.3 is 9.15 Å². The Morgan fingerprint density at radius 1 is 1.15 bits per heavy atom. The van der Waals surface area contributed by atoms with Crippen molar-refractivity contribution in [1.82, 2.24) is 10.4 Å². The van der Waals surface area contributed by atoms with Crippen molar-refractivity contribution in [3.05, 3.63) is 54.1 Å². The van der Waals surface area contributed by atoms with E-state index in [1.54, 1.807) is 18.2 Å². The summed E-state index contributed by atoms with van der Waals surface area (Å²) in [4.78, 5) is 15.9. The van der Waals surface area contributed by atoms with E-state index in [0.717, 1.165) is 12.1 Å². The van der Waals surface area contributed by atoms with Crippen LogP contribution < -0.4 is 15.6 Å². The first-order valence-electron chi connectivity index (χ1n) is 8.12. The van der Waals surface area contributed by atoms with E-state index in [-0.39, 0.29) is 30.7 Å². The van der Waals surface area contributed by atoms with Gasteiger partial charge in [0.05, 0.1) is 12.2 Å². The van der Waals surface area contributed by atoms with Crippen LogP contribution in [0.1, 0.15) is 18.4 Å². The fourth-order valence-electron chi connectivity index (χ4n) is 2.30. The molecule has 1 aromatic heterocycles. The quantitative estimate of drug-likeness (QED) is 0.476. The monoisotopic (exact) mass is 379 g/mol. The highest BCUT2D eigenvalue weighted by Gasteiger charge is 2.30. The maximum Gasteiger partial charge on any atom is 0.416 e. The second-order valence-electron chi connectivity index (χ2n) is 5.64. The number of anilines is 1. The SMILES string of the molecule is O=C(CCCOc1cccc(C(F)(F)F)c1)NNc1nc2ccccc2o1. The number of aromatic nitrogens is 1. The average molecular weight is 379 g/mol. The first-order chi connectivity index (χ1) is 12.9. The second kappa shape index (κ2) is 7.98. The van der Waals surface area contributed by atoms with Gasteiger partial charge in [0, 0.05) is 6.42 Å². The number of fused-ring (bicyclic) bond motifs is 1. The minimum atomic E-state index is -4.42. The number of hydrogen-bond donors (Lipinski definition) is 2. The van der Waals surface area contributed by atoms with Gasteiger partial charge in [-0.2, -0.15) is 18.2 Å². The smallest absolute Gasteiger partial charge is 0.416 e. The van der Waals surface area contributed by atoms with Crippen LogP contribution in [0.5, 0.6) is 5.75 Å². The highest BCUT2D eigenvalue weighted by molar-refractivity contribution is 5.78. The average Bonchev–Trinajstić information content (AvgIpc) is 3.06. The molecule has 3 rings (SSSR count). The molecule has 0 saturated carbocycles. The van der Waals surface area contributed by atoms with Gasteiger partial charge in [0.2, 0.25) is 5.91 Å². The predicted octanol–water partition coefficient (Wildman–Crippen LogP) is 4.15. The van der Waals surface area contributed by atoms with Crippen LogP contribution in [0.4, 0.5) is 19.2 Å². The molecule has 0 atom stereocenters. The summed E-state index contributed by atoms with van der Waals surface area (Å²) in [5, 5.41) is 0. The Kier molecular flexibility index (Phi) is 5.49. The summed E-state index contributed by atoms with van der Waals surface area (Å²) in [5.41, 5.74) is 5.48. The third-order valence-electron chi connectivity index (χ3n) is 3.58. The van der Waals surface area contributed by atoms with Crippen LogP contribution in [0.2, 0.25) is 0 Å². The minimum Gasteiger partial charge on any atom is -0.494 e. The molecule has 2 N–H and O–H groups in total. The van der Waals surface area contributed by atoms with Gasteiger partial charge in [-0.05, 0) is 36.8 Å². The fraction of sp³-hybridized carbons (Fsp3) is 0.222. The van der Waals surface area contributed by atoms with Gasteiger partial charge in [0.25, 0.3) is 0 Å². The summed E-state index contributed by atoms with van der Waals surface area (Å²) in [5.74, 6) is -0.222. The molecule has 3 aromatic rings. The Bertz CT molecular complexity index is 892. The lowest BCUT2D eigenvalue weighted by molar-refractivity contribution is -0.137. The number of nitrogens with one attached hydrogen (secondary N) is 2. The Hall–Kier alpha value is -3.23. The minimum absolute atomic E-state index is 0.106. The Morgan fingerprint density at radius 2 is 1.96 bits per heavy atom. The first-order valence-corrected chi connectivity index (χ1v) is 8.12. The van der Waals surface area contributed by atoms with Crippen molar-refractivity contribution in [2.24, 2.45) is 0 Å². The molecule has 0 aliphatic heterocycles. The molecule has 0 spiro atoms. The number of alkyl halides is 3. The van der Waals surface area contributed by atoms with Crippen LogP contribution in [0.15, 0.2) is 52.9 Å². The standard InChI is InChI=1S/C18H16F3N3O3/c19-18(20,21)12-5-3-6-13(11-12)26-10-4-9-16(25)23-24-17-22-14-7-1-2-8-15(14)27-17/h1-3,5-8,11H,4,9-10H2,(H,22,24)(H,23,25). The third-order valence-corrected chi connectivity index (χ3v) is 3.58. The summed E-state index contributed by atoms with van der Waals surface area (Å²) in [6.45, 7) is 0.109. The zero-order valence-electron chi connectivity index (χ0n) is 14.0. The molecule has 1 amide bonds. The number of amides is 1. The van der Waals surface area contributed by atoms with E-state index in [1.165, 1.54) is 12.1 Å². The lowest BCUT2D eigenvalue weighted by Gasteiger charge is -2.10. The van der Waals surface area contributed by atoms with Crippen molar-refractivity contribution >= 4 is 23.0 Å². The molecule has 6 nitrogen and oxygen atoms in total. The molecule has 2 aromatic carbocycles. The molecular weight excluding hydrogens is 363 g/mol. The molecule has 0 bridgehead atoms. The number of carbonyl (C=O) groups is 1. The van der Waals surface area contributed by atoms with E-state index in [0.29, 0.717) is 17.5 Å². The maximum atomic E-state index is 12.6. The second-order valence-corrected chi connectivity index (χ2v) is 5.64. The van der Waals surface area contributed by atoms with Crippen LogP contribution >= 0.6 is 0 Å². The Balaban J connectivity index is 1.39. The summed E-state index contributed by atoms with van der Waals surface area (Å²) in [6, 6.07) is 11.9. The van der Waals surface area contributed by atoms with Crippen molar-refractivity contribution in [1.29, 1.82) is 0 Å². The van der Waals surface area contributed by atoms with E-state index in [1.807, 2.05) is 6.07 Å². The number of halogens is 3. The molecule has 0 radical (unpaired) electrons. The molecule has 0 aliphatic rings. The number of carbonyl (C=O) groups excluding carboxylic acids is 1. The molecule has 1 heterocycles. The molecule has 0 saturated heterocycles. The fourth-order valence-corrected chi connectivity index (χ4v) is 2.30. The van der Waals surface area contributed by atoms with Crippen LogP contribution in [-0.2, 0) is 11.0 Å². The number of ether oxygens (including phenoxy) is 1. The topological polar surface area (TPSA) is 76.4 Å². The van der Waals surface area contributed by atoms with Gasteiger partial charge in [-0.25, -0.2) is 0 Å². The highest BCUT2D eigenvalue weighted by Crippen LogP contribution is 2.31. The molecule has 9 heteroatoms. The van der Waals surface area contributed by atoms with Crippen molar-refractivity contribution in [2.75, 3.05) is 12.0 Å². The molecule has 27 heavy (non-hydrogen) atoms. The van der Waals surface area contributed by atoms with Crippen molar-refractivity contribution < 1.29 is 27.1 Å². The number of hydrazine groups is 1. The van der Waals surface area contributed by atoms with E-state index in [2.05, 4.69) is 15.8 Å². The molecule has 0 aliphatic carbocycles. The summed E-state index contributed by atoms with van der Waals surface area (Å²) in [7, 11) is 0. The molecule has 142 valence electrons. The van der Waals surface area contributed by atoms with Gasteiger partial charge >= 0.3 is 12.2 Å². The largest absolute Gasteiger partial charge is 0.494 e. The maximum absolute atomic E-state index is 12.6. The zero-order chi connectivity index (χ0) is 19.3.